The number of halogens is 1. The lowest BCUT2D eigenvalue weighted by molar-refractivity contribution is 0.195. The zero-order chi connectivity index (χ0) is 11.8. The second-order valence-corrected chi connectivity index (χ2v) is 5.69. The normalized spacial score (nSPS) is 20.0. The molecule has 4 nitrogen and oxygen atoms in total. The van der Waals surface area contributed by atoms with Gasteiger partial charge < -0.3 is 10.1 Å². The van der Waals surface area contributed by atoms with E-state index >= 15 is 0 Å². The van der Waals surface area contributed by atoms with Crippen LogP contribution < -0.4 is 5.32 Å². The van der Waals surface area contributed by atoms with Crippen LogP contribution in [0.15, 0.2) is 6.07 Å². The molecule has 0 amide bonds. The van der Waals surface area contributed by atoms with Crippen molar-refractivity contribution >= 4 is 39.0 Å². The lowest BCUT2D eigenvalue weighted by atomic mass is 10.2. The molecular weight excluding hydrogens is 258 g/mol. The minimum atomic E-state index is 0.292. The molecule has 17 heavy (non-hydrogen) atoms. The maximum atomic E-state index is 5.93. The fourth-order valence-electron chi connectivity index (χ4n) is 1.97. The predicted octanol–water partition coefficient (Wildman–Crippen LogP) is 2.85. The molecular formula is C11H12ClN3OS. The van der Waals surface area contributed by atoms with Gasteiger partial charge in [0.15, 0.2) is 0 Å². The van der Waals surface area contributed by atoms with Gasteiger partial charge in [0, 0.05) is 11.5 Å². The van der Waals surface area contributed by atoms with Crippen molar-refractivity contribution in [1.29, 1.82) is 0 Å². The molecule has 1 N–H and O–H groups in total. The van der Waals surface area contributed by atoms with E-state index in [-0.39, 0.29) is 0 Å². The van der Waals surface area contributed by atoms with E-state index in [0.29, 0.717) is 11.3 Å². The molecule has 1 aliphatic heterocycles. The molecule has 0 bridgehead atoms. The largest absolute Gasteiger partial charge is 0.379 e. The van der Waals surface area contributed by atoms with E-state index in [0.717, 1.165) is 35.7 Å². The van der Waals surface area contributed by atoms with Crippen molar-refractivity contribution in [2.75, 3.05) is 18.5 Å². The highest BCUT2D eigenvalue weighted by atomic mass is 35.5. The standard InChI is InChI=1S/C11H12ClN3OS/c1-6-4-8-9(13-7-2-3-16-5-7)14-11(12)15-10(8)17-6/h4,7H,2-3,5H2,1H3,(H,13,14,15). The fourth-order valence-corrected chi connectivity index (χ4v) is 3.07. The third-order valence-electron chi connectivity index (χ3n) is 2.76. The molecule has 3 rings (SSSR count). The van der Waals surface area contributed by atoms with Crippen molar-refractivity contribution in [3.8, 4) is 0 Å². The van der Waals surface area contributed by atoms with Crippen molar-refractivity contribution in [3.63, 3.8) is 0 Å². The van der Waals surface area contributed by atoms with Gasteiger partial charge >= 0.3 is 0 Å². The van der Waals surface area contributed by atoms with E-state index in [1.165, 1.54) is 4.88 Å². The van der Waals surface area contributed by atoms with E-state index in [1.807, 2.05) is 0 Å². The molecule has 0 radical (unpaired) electrons. The van der Waals surface area contributed by atoms with E-state index in [9.17, 15) is 0 Å². The van der Waals surface area contributed by atoms with Crippen molar-refractivity contribution in [1.82, 2.24) is 9.97 Å². The number of ether oxygens (including phenoxy) is 1. The summed E-state index contributed by atoms with van der Waals surface area (Å²) >= 11 is 7.56. The Hall–Kier alpha value is -0.910. The number of aryl methyl sites for hydroxylation is 1. The van der Waals surface area contributed by atoms with Crippen LogP contribution >= 0.6 is 22.9 Å². The Bertz CT molecular complexity index is 551. The molecule has 1 saturated heterocycles. The van der Waals surface area contributed by atoms with Crippen LogP contribution in [-0.2, 0) is 4.74 Å². The smallest absolute Gasteiger partial charge is 0.225 e. The SMILES string of the molecule is Cc1cc2c(NC3CCOC3)nc(Cl)nc2s1. The van der Waals surface area contributed by atoms with Crippen LogP contribution in [0.2, 0.25) is 5.28 Å². The quantitative estimate of drug-likeness (QED) is 0.852. The summed E-state index contributed by atoms with van der Waals surface area (Å²) in [6, 6.07) is 2.42. The van der Waals surface area contributed by atoms with Gasteiger partial charge in [-0.15, -0.1) is 11.3 Å². The van der Waals surface area contributed by atoms with Gasteiger partial charge in [0.1, 0.15) is 10.6 Å². The van der Waals surface area contributed by atoms with E-state index in [1.54, 1.807) is 11.3 Å². The number of anilines is 1. The number of fused-ring (bicyclic) bond motifs is 1. The van der Waals surface area contributed by atoms with Crippen LogP contribution in [0.4, 0.5) is 5.82 Å². The van der Waals surface area contributed by atoms with Crippen molar-refractivity contribution in [2.24, 2.45) is 0 Å². The molecule has 2 aromatic heterocycles. The average molecular weight is 270 g/mol. The van der Waals surface area contributed by atoms with Gasteiger partial charge in [0.05, 0.1) is 18.0 Å². The molecule has 0 aromatic carbocycles. The third-order valence-corrected chi connectivity index (χ3v) is 3.87. The molecule has 0 spiro atoms. The van der Waals surface area contributed by atoms with E-state index in [2.05, 4.69) is 28.3 Å². The average Bonchev–Trinajstić information content (AvgIpc) is 2.86. The maximum absolute atomic E-state index is 5.93. The van der Waals surface area contributed by atoms with Gasteiger partial charge in [-0.25, -0.2) is 9.97 Å². The number of rotatable bonds is 2. The topological polar surface area (TPSA) is 47.0 Å². The van der Waals surface area contributed by atoms with Crippen LogP contribution in [0.1, 0.15) is 11.3 Å². The van der Waals surface area contributed by atoms with Gasteiger partial charge in [0.25, 0.3) is 0 Å². The lowest BCUT2D eigenvalue weighted by Crippen LogP contribution is -2.19. The first-order valence-corrected chi connectivity index (χ1v) is 6.70. The van der Waals surface area contributed by atoms with Crippen molar-refractivity contribution in [3.05, 3.63) is 16.2 Å². The highest BCUT2D eigenvalue weighted by Gasteiger charge is 2.18. The zero-order valence-electron chi connectivity index (χ0n) is 9.36. The predicted molar refractivity (Wildman–Crippen MR) is 70.0 cm³/mol. The summed E-state index contributed by atoms with van der Waals surface area (Å²) in [5.41, 5.74) is 0. The van der Waals surface area contributed by atoms with E-state index < -0.39 is 0 Å². The molecule has 1 unspecified atom stereocenters. The highest BCUT2D eigenvalue weighted by Crippen LogP contribution is 2.30. The maximum Gasteiger partial charge on any atom is 0.225 e. The van der Waals surface area contributed by atoms with Crippen molar-refractivity contribution < 1.29 is 4.74 Å². The Labute approximate surface area is 108 Å². The summed E-state index contributed by atoms with van der Waals surface area (Å²) in [4.78, 5) is 10.7. The number of hydrogen-bond acceptors (Lipinski definition) is 5. The molecule has 6 heteroatoms. The summed E-state index contributed by atoms with van der Waals surface area (Å²) in [6.45, 7) is 3.59. The molecule has 1 atom stereocenters. The minimum Gasteiger partial charge on any atom is -0.379 e. The van der Waals surface area contributed by atoms with Crippen LogP contribution in [0.3, 0.4) is 0 Å². The Morgan fingerprint density at radius 3 is 3.18 bits per heavy atom. The minimum absolute atomic E-state index is 0.292. The van der Waals surface area contributed by atoms with E-state index in [4.69, 9.17) is 16.3 Å². The highest BCUT2D eigenvalue weighted by molar-refractivity contribution is 7.18. The fraction of sp³-hybridized carbons (Fsp3) is 0.455. The molecule has 0 aliphatic carbocycles. The Morgan fingerprint density at radius 1 is 1.53 bits per heavy atom. The second-order valence-electron chi connectivity index (χ2n) is 4.12. The molecule has 1 aliphatic rings. The van der Waals surface area contributed by atoms with Gasteiger partial charge in [0.2, 0.25) is 5.28 Å². The zero-order valence-corrected chi connectivity index (χ0v) is 10.9. The van der Waals surface area contributed by atoms with Gasteiger partial charge in [-0.2, -0.15) is 0 Å². The Morgan fingerprint density at radius 2 is 2.41 bits per heavy atom. The number of aromatic nitrogens is 2. The molecule has 90 valence electrons. The summed E-state index contributed by atoms with van der Waals surface area (Å²) in [5.74, 6) is 0.819. The van der Waals surface area contributed by atoms with Crippen molar-refractivity contribution in [2.45, 2.75) is 19.4 Å². The number of nitrogens with one attached hydrogen (secondary N) is 1. The second kappa shape index (κ2) is 4.40. The lowest BCUT2D eigenvalue weighted by Gasteiger charge is -2.11. The first kappa shape index (κ1) is 11.2. The number of thiophene rings is 1. The van der Waals surface area contributed by atoms with Gasteiger partial charge in [-0.1, -0.05) is 0 Å². The van der Waals surface area contributed by atoms with Crippen LogP contribution in [0.5, 0.6) is 0 Å². The van der Waals surface area contributed by atoms with Gasteiger partial charge in [-0.3, -0.25) is 0 Å². The summed E-state index contributed by atoms with van der Waals surface area (Å²) < 4.78 is 5.34. The first-order chi connectivity index (χ1) is 8.22. The molecule has 1 fully saturated rings. The Kier molecular flexibility index (Phi) is 2.90. The first-order valence-electron chi connectivity index (χ1n) is 5.50. The Balaban J connectivity index is 2.01. The molecule has 0 saturated carbocycles. The third kappa shape index (κ3) is 2.22. The summed E-state index contributed by atoms with van der Waals surface area (Å²) in [7, 11) is 0. The number of hydrogen-bond donors (Lipinski definition) is 1. The van der Waals surface area contributed by atoms with Crippen LogP contribution in [0.25, 0.3) is 10.2 Å². The monoisotopic (exact) mass is 269 g/mol. The van der Waals surface area contributed by atoms with Crippen LogP contribution in [-0.4, -0.2) is 29.2 Å². The summed E-state index contributed by atoms with van der Waals surface area (Å²) in [6.07, 6.45) is 1.01. The van der Waals surface area contributed by atoms with Crippen LogP contribution in [0, 0.1) is 6.92 Å². The van der Waals surface area contributed by atoms with Gasteiger partial charge in [-0.05, 0) is 31.0 Å². The molecule has 2 aromatic rings. The summed E-state index contributed by atoms with van der Waals surface area (Å²) in [5, 5.41) is 4.72. The molecule has 3 heterocycles. The number of nitrogens with zero attached hydrogens (tertiary/aromatic N) is 2.